The first-order chi connectivity index (χ1) is 8.13. The zero-order chi connectivity index (χ0) is 12.7. The smallest absolute Gasteiger partial charge is 0.185 e. The number of rotatable bonds is 5. The van der Waals surface area contributed by atoms with Crippen LogP contribution in [0.3, 0.4) is 0 Å². The van der Waals surface area contributed by atoms with E-state index in [1.807, 2.05) is 0 Å². The van der Waals surface area contributed by atoms with Gasteiger partial charge in [-0.1, -0.05) is 25.5 Å². The zero-order valence-corrected chi connectivity index (χ0v) is 11.6. The number of thiocarbonyl (C=S) groups is 1. The molecule has 1 aromatic carbocycles. The Bertz CT molecular complexity index is 377. The molecule has 0 bridgehead atoms. The average Bonchev–Trinajstić information content (AvgIpc) is 2.31. The molecule has 0 saturated carbocycles. The predicted molar refractivity (Wildman–Crippen MR) is 78.2 cm³/mol. The summed E-state index contributed by atoms with van der Waals surface area (Å²) in [5.41, 5.74) is 9.60. The molecule has 4 heteroatoms. The molecule has 0 unspecified atom stereocenters. The van der Waals surface area contributed by atoms with Gasteiger partial charge in [-0.05, 0) is 49.7 Å². The van der Waals surface area contributed by atoms with Gasteiger partial charge in [0.25, 0.3) is 0 Å². The summed E-state index contributed by atoms with van der Waals surface area (Å²) in [6.07, 6.45) is 2.30. The number of anilines is 1. The largest absolute Gasteiger partial charge is 0.361 e. The Kier molecular flexibility index (Phi) is 5.77. The highest BCUT2D eigenvalue weighted by Gasteiger charge is 1.98. The first-order valence-electron chi connectivity index (χ1n) is 6.00. The van der Waals surface area contributed by atoms with E-state index in [9.17, 15) is 0 Å². The Labute approximate surface area is 109 Å². The molecule has 17 heavy (non-hydrogen) atoms. The number of hydrogen-bond donors (Lipinski definition) is 3. The third-order valence-corrected chi connectivity index (χ3v) is 2.77. The van der Waals surface area contributed by atoms with Crippen LogP contribution in [0.2, 0.25) is 0 Å². The number of aryl methyl sites for hydroxylation is 2. The third-order valence-electron chi connectivity index (χ3n) is 2.52. The Balaban J connectivity index is 2.39. The third kappa shape index (κ3) is 5.04. The number of hydrazine groups is 1. The number of benzene rings is 1. The lowest BCUT2D eigenvalue weighted by atomic mass is 10.1. The van der Waals surface area contributed by atoms with E-state index in [1.54, 1.807) is 0 Å². The summed E-state index contributed by atoms with van der Waals surface area (Å²) in [6.45, 7) is 7.21. The van der Waals surface area contributed by atoms with Gasteiger partial charge in [-0.2, -0.15) is 0 Å². The van der Waals surface area contributed by atoms with E-state index < -0.39 is 0 Å². The molecule has 3 nitrogen and oxygen atoms in total. The first kappa shape index (κ1) is 13.8. The van der Waals surface area contributed by atoms with E-state index >= 15 is 0 Å². The highest BCUT2D eigenvalue weighted by atomic mass is 32.1. The van der Waals surface area contributed by atoms with Crippen LogP contribution in [-0.4, -0.2) is 11.7 Å². The lowest BCUT2D eigenvalue weighted by Crippen LogP contribution is -2.39. The van der Waals surface area contributed by atoms with Crippen LogP contribution in [0.4, 0.5) is 5.69 Å². The molecule has 0 amide bonds. The van der Waals surface area contributed by atoms with Crippen LogP contribution < -0.4 is 16.2 Å². The molecule has 94 valence electrons. The van der Waals surface area contributed by atoms with Crippen molar-refractivity contribution in [3.63, 3.8) is 0 Å². The molecule has 0 saturated heterocycles. The van der Waals surface area contributed by atoms with Crippen molar-refractivity contribution in [3.8, 4) is 0 Å². The fraction of sp³-hybridized carbons (Fsp3) is 0.462. The van der Waals surface area contributed by atoms with Crippen molar-refractivity contribution >= 4 is 23.0 Å². The molecule has 1 aromatic rings. The van der Waals surface area contributed by atoms with Crippen molar-refractivity contribution in [2.24, 2.45) is 0 Å². The standard InChI is InChI=1S/C13H21N3S/c1-4-5-8-14-13(17)16-15-12-9-10(2)6-7-11(12)3/h6-7,9,15H,4-5,8H2,1-3H3,(H2,14,16,17). The molecular formula is C13H21N3S. The minimum absolute atomic E-state index is 0.638. The maximum Gasteiger partial charge on any atom is 0.185 e. The van der Waals surface area contributed by atoms with E-state index in [4.69, 9.17) is 12.2 Å². The fourth-order valence-corrected chi connectivity index (χ4v) is 1.57. The molecule has 0 aromatic heterocycles. The second kappa shape index (κ2) is 7.12. The lowest BCUT2D eigenvalue weighted by Gasteiger charge is -2.14. The second-order valence-electron chi connectivity index (χ2n) is 4.18. The van der Waals surface area contributed by atoms with E-state index in [1.165, 1.54) is 17.5 Å². The lowest BCUT2D eigenvalue weighted by molar-refractivity contribution is 0.748. The maximum absolute atomic E-state index is 5.16. The number of hydrogen-bond acceptors (Lipinski definition) is 2. The van der Waals surface area contributed by atoms with Crippen molar-refractivity contribution in [1.82, 2.24) is 10.7 Å². The minimum atomic E-state index is 0.638. The topological polar surface area (TPSA) is 36.1 Å². The van der Waals surface area contributed by atoms with Crippen LogP contribution in [-0.2, 0) is 0 Å². The quantitative estimate of drug-likeness (QED) is 0.427. The number of unbranched alkanes of at least 4 members (excludes halogenated alkanes) is 1. The van der Waals surface area contributed by atoms with Gasteiger partial charge >= 0.3 is 0 Å². The molecule has 0 radical (unpaired) electrons. The molecule has 0 aliphatic heterocycles. The van der Waals surface area contributed by atoms with Crippen molar-refractivity contribution < 1.29 is 0 Å². The van der Waals surface area contributed by atoms with Crippen LogP contribution in [0.1, 0.15) is 30.9 Å². The van der Waals surface area contributed by atoms with Crippen LogP contribution in [0.5, 0.6) is 0 Å². The van der Waals surface area contributed by atoms with Crippen LogP contribution in [0, 0.1) is 13.8 Å². The Morgan fingerprint density at radius 1 is 1.29 bits per heavy atom. The van der Waals surface area contributed by atoms with Crippen LogP contribution in [0.15, 0.2) is 18.2 Å². The zero-order valence-electron chi connectivity index (χ0n) is 10.8. The van der Waals surface area contributed by atoms with E-state index in [-0.39, 0.29) is 0 Å². The van der Waals surface area contributed by atoms with Gasteiger partial charge in [0.15, 0.2) is 5.11 Å². The SMILES string of the molecule is CCCCNC(=S)NNc1cc(C)ccc1C. The van der Waals surface area contributed by atoms with Gasteiger partial charge in [-0.25, -0.2) is 0 Å². The van der Waals surface area contributed by atoms with Crippen molar-refractivity contribution in [1.29, 1.82) is 0 Å². The van der Waals surface area contributed by atoms with Crippen LogP contribution in [0.25, 0.3) is 0 Å². The average molecular weight is 251 g/mol. The number of nitrogens with one attached hydrogen (secondary N) is 3. The van der Waals surface area contributed by atoms with E-state index in [0.29, 0.717) is 5.11 Å². The summed E-state index contributed by atoms with van der Waals surface area (Å²) >= 11 is 5.16. The van der Waals surface area contributed by atoms with Gasteiger partial charge in [-0.3, -0.25) is 10.9 Å². The van der Waals surface area contributed by atoms with E-state index in [0.717, 1.165) is 18.7 Å². The van der Waals surface area contributed by atoms with Gasteiger partial charge < -0.3 is 5.32 Å². The summed E-state index contributed by atoms with van der Waals surface area (Å²) in [6, 6.07) is 6.28. The maximum atomic E-state index is 5.16. The minimum Gasteiger partial charge on any atom is -0.361 e. The van der Waals surface area contributed by atoms with Gasteiger partial charge in [-0.15, -0.1) is 0 Å². The normalized spacial score (nSPS) is 9.82. The Hall–Kier alpha value is -1.29. The molecule has 0 aliphatic carbocycles. The fourth-order valence-electron chi connectivity index (χ4n) is 1.42. The second-order valence-corrected chi connectivity index (χ2v) is 4.59. The van der Waals surface area contributed by atoms with Crippen molar-refractivity contribution in [3.05, 3.63) is 29.3 Å². The van der Waals surface area contributed by atoms with Gasteiger partial charge in [0.2, 0.25) is 0 Å². The molecule has 0 heterocycles. The monoisotopic (exact) mass is 251 g/mol. The summed E-state index contributed by atoms with van der Waals surface area (Å²) < 4.78 is 0. The summed E-state index contributed by atoms with van der Waals surface area (Å²) in [5.74, 6) is 0. The van der Waals surface area contributed by atoms with Crippen LogP contribution >= 0.6 is 12.2 Å². The Morgan fingerprint density at radius 3 is 2.76 bits per heavy atom. The van der Waals surface area contributed by atoms with E-state index in [2.05, 4.69) is 55.1 Å². The summed E-state index contributed by atoms with van der Waals surface area (Å²) in [5, 5.41) is 3.78. The molecule has 3 N–H and O–H groups in total. The summed E-state index contributed by atoms with van der Waals surface area (Å²) in [7, 11) is 0. The molecule has 0 fully saturated rings. The first-order valence-corrected chi connectivity index (χ1v) is 6.41. The molecule has 0 spiro atoms. The predicted octanol–water partition coefficient (Wildman–Crippen LogP) is 2.89. The molecular weight excluding hydrogens is 230 g/mol. The van der Waals surface area contributed by atoms with Gasteiger partial charge in [0.05, 0.1) is 5.69 Å². The molecule has 0 aliphatic rings. The molecule has 1 rings (SSSR count). The molecule has 0 atom stereocenters. The van der Waals surface area contributed by atoms with Gasteiger partial charge in [0, 0.05) is 6.54 Å². The summed E-state index contributed by atoms with van der Waals surface area (Å²) in [4.78, 5) is 0. The van der Waals surface area contributed by atoms with Crippen molar-refractivity contribution in [2.75, 3.05) is 12.0 Å². The van der Waals surface area contributed by atoms with Gasteiger partial charge in [0.1, 0.15) is 0 Å². The highest BCUT2D eigenvalue weighted by Crippen LogP contribution is 2.14. The van der Waals surface area contributed by atoms with Crippen molar-refractivity contribution in [2.45, 2.75) is 33.6 Å². The Morgan fingerprint density at radius 2 is 2.06 bits per heavy atom. The highest BCUT2D eigenvalue weighted by molar-refractivity contribution is 7.80.